The van der Waals surface area contributed by atoms with Gasteiger partial charge in [-0.1, -0.05) is 0 Å². The second-order valence-corrected chi connectivity index (χ2v) is 16.8. The van der Waals surface area contributed by atoms with Gasteiger partial charge in [-0.2, -0.15) is 0 Å². The van der Waals surface area contributed by atoms with Crippen LogP contribution in [0.4, 0.5) is 0 Å². The molecular formula is C25H28Zr. The summed E-state index contributed by atoms with van der Waals surface area (Å²) in [7, 11) is 0. The summed E-state index contributed by atoms with van der Waals surface area (Å²) in [6.07, 6.45) is 9.46. The van der Waals surface area contributed by atoms with Crippen molar-refractivity contribution in [2.45, 2.75) is 41.4 Å². The van der Waals surface area contributed by atoms with Crippen LogP contribution in [0.3, 0.4) is 0 Å². The van der Waals surface area contributed by atoms with Gasteiger partial charge >= 0.3 is 166 Å². The summed E-state index contributed by atoms with van der Waals surface area (Å²) < 4.78 is 2.50. The van der Waals surface area contributed by atoms with Gasteiger partial charge in [0.1, 0.15) is 0 Å². The molecule has 132 valence electrons. The van der Waals surface area contributed by atoms with E-state index in [0.29, 0.717) is 3.63 Å². The molecule has 0 saturated heterocycles. The average Bonchev–Trinajstić information content (AvgIpc) is 3.21. The fourth-order valence-corrected chi connectivity index (χ4v) is 16.0. The van der Waals surface area contributed by atoms with Gasteiger partial charge in [0.25, 0.3) is 0 Å². The van der Waals surface area contributed by atoms with Crippen LogP contribution in [-0.2, 0) is 24.4 Å². The van der Waals surface area contributed by atoms with Gasteiger partial charge in [0, 0.05) is 0 Å². The average molecular weight is 420 g/mol. The topological polar surface area (TPSA) is 0 Å². The van der Waals surface area contributed by atoms with Gasteiger partial charge in [0.15, 0.2) is 0 Å². The Balaban J connectivity index is 2.17. The maximum atomic E-state index is 2.47. The number of fused-ring (bicyclic) bond motifs is 3. The Morgan fingerprint density at radius 3 is 1.69 bits per heavy atom. The van der Waals surface area contributed by atoms with Crippen molar-refractivity contribution < 1.29 is 21.3 Å². The first-order valence-electron chi connectivity index (χ1n) is 9.61. The third-order valence-electron chi connectivity index (χ3n) is 6.10. The predicted octanol–water partition coefficient (Wildman–Crippen LogP) is 6.70. The first kappa shape index (κ1) is 18.1. The zero-order chi connectivity index (χ0) is 18.5. The Morgan fingerprint density at radius 2 is 1.27 bits per heavy atom. The molecule has 0 aromatic heterocycles. The van der Waals surface area contributed by atoms with Crippen molar-refractivity contribution >= 4 is 3.21 Å². The van der Waals surface area contributed by atoms with Crippen LogP contribution in [0.15, 0.2) is 72.8 Å². The molecule has 0 unspecified atom stereocenters. The van der Waals surface area contributed by atoms with E-state index >= 15 is 0 Å². The molecule has 2 aromatic rings. The van der Waals surface area contributed by atoms with Gasteiger partial charge in [-0.3, -0.25) is 0 Å². The van der Waals surface area contributed by atoms with Crippen molar-refractivity contribution in [2.24, 2.45) is 5.41 Å². The third-order valence-corrected chi connectivity index (χ3v) is 16.5. The van der Waals surface area contributed by atoms with Crippen LogP contribution < -0.4 is 0 Å². The molecule has 0 heterocycles. The Hall–Kier alpha value is -1.33. The molecule has 4 rings (SSSR count). The molecule has 0 bridgehead atoms. The number of allylic oxidation sites excluding steroid dienone is 4. The fourth-order valence-electron chi connectivity index (χ4n) is 5.32. The second-order valence-electron chi connectivity index (χ2n) is 8.80. The molecule has 0 radical (unpaired) electrons. The quantitative estimate of drug-likeness (QED) is 0.508. The summed E-state index contributed by atoms with van der Waals surface area (Å²) in [4.78, 5) is 0. The first-order chi connectivity index (χ1) is 12.4. The Morgan fingerprint density at radius 1 is 0.808 bits per heavy atom. The van der Waals surface area contributed by atoms with Gasteiger partial charge in [-0.15, -0.1) is 0 Å². The minimum atomic E-state index is -2.17. The van der Waals surface area contributed by atoms with Crippen molar-refractivity contribution in [1.82, 2.24) is 0 Å². The van der Waals surface area contributed by atoms with Gasteiger partial charge in [-0.25, -0.2) is 0 Å². The monoisotopic (exact) mass is 418 g/mol. The van der Waals surface area contributed by atoms with Gasteiger partial charge in [-0.05, 0) is 0 Å². The molecule has 0 fully saturated rings. The summed E-state index contributed by atoms with van der Waals surface area (Å²) in [6, 6.07) is 18.4. The van der Waals surface area contributed by atoms with E-state index in [-0.39, 0.29) is 8.54 Å². The van der Waals surface area contributed by atoms with Gasteiger partial charge < -0.3 is 0 Å². The van der Waals surface area contributed by atoms with Crippen molar-refractivity contribution in [1.29, 1.82) is 0 Å². The predicted molar refractivity (Wildman–Crippen MR) is 110 cm³/mol. The molecular weight excluding hydrogens is 391 g/mol. The molecule has 0 aliphatic heterocycles. The second kappa shape index (κ2) is 6.38. The van der Waals surface area contributed by atoms with Crippen LogP contribution >= 0.6 is 0 Å². The van der Waals surface area contributed by atoms with Crippen LogP contribution in [0, 0.1) is 5.41 Å². The van der Waals surface area contributed by atoms with Crippen LogP contribution in [0.1, 0.15) is 45.7 Å². The summed E-state index contributed by atoms with van der Waals surface area (Å²) in [5.41, 5.74) is 6.26. The number of rotatable bonds is 2. The van der Waals surface area contributed by atoms with E-state index in [0.717, 1.165) is 0 Å². The van der Waals surface area contributed by atoms with E-state index in [1.54, 1.807) is 14.3 Å². The number of benzene rings is 2. The molecule has 2 aliphatic rings. The van der Waals surface area contributed by atoms with Crippen molar-refractivity contribution in [2.75, 3.05) is 0 Å². The molecule has 1 heteroatoms. The Labute approximate surface area is 165 Å². The number of hydrogen-bond acceptors (Lipinski definition) is 0. The van der Waals surface area contributed by atoms with Gasteiger partial charge in [0.2, 0.25) is 0 Å². The van der Waals surface area contributed by atoms with Crippen LogP contribution in [0.25, 0.3) is 11.1 Å². The Bertz CT molecular complexity index is 889. The molecule has 0 saturated carbocycles. The minimum absolute atomic E-state index is 0.158. The summed E-state index contributed by atoms with van der Waals surface area (Å²) in [5.74, 6) is 0. The van der Waals surface area contributed by atoms with E-state index in [4.69, 9.17) is 0 Å². The van der Waals surface area contributed by atoms with Crippen molar-refractivity contribution in [3.05, 3.63) is 84.0 Å². The molecule has 0 atom stereocenters. The van der Waals surface area contributed by atoms with E-state index in [2.05, 4.69) is 107 Å². The van der Waals surface area contributed by atoms with E-state index < -0.39 is 21.3 Å². The standard InChI is InChI=1S/C17H17.C5H5.C3H6.Zr/c1-17(2,3)16-14-10-6-4-8-12(14)13-9-5-7-11-15(13)16;1-2-4-5-3-1;1-3-2;/h4-11H,1-3H3;1-5H;1-2H3;. The maximum absolute atomic E-state index is 2.47. The molecule has 26 heavy (non-hydrogen) atoms. The summed E-state index contributed by atoms with van der Waals surface area (Å²) >= 11 is -2.17. The van der Waals surface area contributed by atoms with Crippen LogP contribution in [0.5, 0.6) is 0 Å². The molecule has 2 aliphatic carbocycles. The normalized spacial score (nSPS) is 17.3. The van der Waals surface area contributed by atoms with Crippen LogP contribution in [0.2, 0.25) is 3.63 Å². The van der Waals surface area contributed by atoms with Crippen LogP contribution in [-0.4, -0.2) is 3.21 Å². The van der Waals surface area contributed by atoms with E-state index in [1.807, 2.05) is 0 Å². The van der Waals surface area contributed by atoms with Crippen molar-refractivity contribution in [3.8, 4) is 11.1 Å². The molecule has 0 N–H and O–H groups in total. The third kappa shape index (κ3) is 2.40. The molecule has 0 nitrogen and oxygen atoms in total. The van der Waals surface area contributed by atoms with E-state index in [1.165, 1.54) is 11.1 Å². The van der Waals surface area contributed by atoms with Crippen molar-refractivity contribution in [3.63, 3.8) is 0 Å². The molecule has 0 spiro atoms. The zero-order valence-electron chi connectivity index (χ0n) is 16.5. The zero-order valence-corrected chi connectivity index (χ0v) is 19.0. The van der Waals surface area contributed by atoms with Gasteiger partial charge in [0.05, 0.1) is 0 Å². The Kier molecular flexibility index (Phi) is 4.43. The SMILES string of the molecule is C[C](C)=[Zr]([CH]1C=CC=C1)[C]1(C(C)(C)C)c2ccccc2-c2ccccc21. The number of hydrogen-bond donors (Lipinski definition) is 0. The summed E-state index contributed by atoms with van der Waals surface area (Å²) in [5, 5.41) is 0. The molecule has 0 amide bonds. The van der Waals surface area contributed by atoms with E-state index in [9.17, 15) is 0 Å². The molecule has 2 aromatic carbocycles. The first-order valence-corrected chi connectivity index (χ1v) is 13.5. The fraction of sp³-hybridized carbons (Fsp3) is 0.320. The summed E-state index contributed by atoms with van der Waals surface area (Å²) in [6.45, 7) is 12.2.